The summed E-state index contributed by atoms with van der Waals surface area (Å²) in [6.45, 7) is 2.48. The topological polar surface area (TPSA) is 673 Å². The number of aliphatic hydroxyl groups excluding tert-OH is 1. The lowest BCUT2D eigenvalue weighted by atomic mass is 9.80. The van der Waals surface area contributed by atoms with Crippen LogP contribution in [0.25, 0.3) is 21.7 Å². The van der Waals surface area contributed by atoms with Gasteiger partial charge in [0.25, 0.3) is 0 Å². The first-order valence-corrected chi connectivity index (χ1v) is 39.7. The molecule has 119 heavy (non-hydrogen) atoms. The van der Waals surface area contributed by atoms with Crippen LogP contribution in [0.4, 0.5) is 0 Å². The number of carboxylic acids is 1. The zero-order valence-corrected chi connectivity index (χ0v) is 66.4. The van der Waals surface area contributed by atoms with Gasteiger partial charge >= 0.3 is 5.97 Å². The highest BCUT2D eigenvalue weighted by Crippen LogP contribution is 2.30. The van der Waals surface area contributed by atoms with Crippen molar-refractivity contribution in [1.29, 1.82) is 0 Å². The van der Waals surface area contributed by atoms with E-state index in [0.717, 1.165) is 31.0 Å². The molecule has 7 rings (SSSR count). The van der Waals surface area contributed by atoms with E-state index in [-0.39, 0.29) is 63.9 Å². The maximum absolute atomic E-state index is 15.7. The fourth-order valence-corrected chi connectivity index (χ4v) is 14.5. The number of aliphatic hydroxyl groups is 1. The van der Waals surface area contributed by atoms with Gasteiger partial charge in [-0.15, -0.1) is 0 Å². The van der Waals surface area contributed by atoms with E-state index in [1.807, 2.05) is 6.07 Å². The van der Waals surface area contributed by atoms with Crippen LogP contribution >= 0.6 is 11.8 Å². The smallest absolute Gasteiger partial charge is 0.303 e. The van der Waals surface area contributed by atoms with Gasteiger partial charge in [0.1, 0.15) is 84.4 Å². The standard InChI is InChI=1S/C78H103N19O21S/c1-40(98)65-76(116)93-57(35-46-38-85-49-13-7-6-12-48(46)49)72(112)88-50(20-23-60(80)100)67(107)94-59(39-119-31-26-53(86-41(2)99)69(109)87-51(70(110)96-65)21-24-61(81)101)74(114)90-55(33-42-15-18-47(19-16-42)118-30-29-79)71(111)91-56(34-43-14-17-44-10-4-5-11-45(44)32-43)75(115)97-78(27-8-3-9-28-78)77(117)95-52(22-25-64(104)105)68(108)92-58(37-63(83)103)73(113)89-54(66(84)106)36-62(82)102/h4-7,10-19,32,38,40,50-59,65,85,98H,3,8-9,20-31,33-37,39,79H2,1-2H3,(H2,80,100)(H2,81,101)(H2,82,102)(H2,83,103)(H2,84,106)(H,86,99)(H,87,109)(H,88,112)(H,89,113)(H,90,114)(H,91,111)(H,92,108)(H,93,116)(H,94,107)(H,95,117)(H,96,110)(H,97,115)(H,104,105)/t40-,50+,51+,52+,53+,54+,55+,56+,57+,58+,59+,65+/m1/s1. The average molecular weight is 1670 g/mol. The predicted molar refractivity (Wildman–Crippen MR) is 429 cm³/mol. The Balaban J connectivity index is 1.30. The average Bonchev–Trinajstić information content (AvgIpc) is 1.32. The number of rotatable bonds is 37. The number of H-pyrrole nitrogens is 1. The normalized spacial score (nSPS) is 19.6. The van der Waals surface area contributed by atoms with Crippen LogP contribution in [0, 0.1) is 0 Å². The highest BCUT2D eigenvalue weighted by Gasteiger charge is 2.45. The number of aromatic nitrogens is 1. The van der Waals surface area contributed by atoms with Gasteiger partial charge in [-0.3, -0.25) is 86.3 Å². The van der Waals surface area contributed by atoms with E-state index in [2.05, 4.69) is 68.8 Å². The molecule has 0 unspecified atom stereocenters. The molecule has 12 atom stereocenters. The number of nitrogens with one attached hydrogen (secondary N) is 13. The molecule has 0 spiro atoms. The molecule has 5 aromatic rings. The number of carboxylic acid groups (broad SMARTS) is 1. The number of carbonyl (C=O) groups is 18. The summed E-state index contributed by atoms with van der Waals surface area (Å²) in [5.74, 6) is -20.0. The third kappa shape index (κ3) is 29.1. The molecule has 0 bridgehead atoms. The van der Waals surface area contributed by atoms with Crippen LogP contribution in [-0.4, -0.2) is 224 Å². The summed E-state index contributed by atoms with van der Waals surface area (Å²) in [6.07, 6.45) is -5.98. The largest absolute Gasteiger partial charge is 0.492 e. The number of aliphatic carboxylic acids is 1. The van der Waals surface area contributed by atoms with E-state index < -0.39 is 248 Å². The Hall–Kier alpha value is -12.8. The number of hydrogen-bond donors (Lipinski definition) is 21. The van der Waals surface area contributed by atoms with Crippen LogP contribution in [0.3, 0.4) is 0 Å². The molecule has 2 heterocycles. The molecule has 4 aromatic carbocycles. The molecule has 0 radical (unpaired) electrons. The predicted octanol–water partition coefficient (Wildman–Crippen LogP) is -4.99. The number of hydrogen-bond acceptors (Lipinski definition) is 22. The molecule has 1 saturated carbocycles. The third-order valence-electron chi connectivity index (χ3n) is 19.7. The van der Waals surface area contributed by atoms with Crippen molar-refractivity contribution >= 4 is 140 Å². The van der Waals surface area contributed by atoms with Crippen molar-refractivity contribution in [3.05, 3.63) is 114 Å². The van der Waals surface area contributed by atoms with Gasteiger partial charge in [-0.1, -0.05) is 92.1 Å². The zero-order chi connectivity index (χ0) is 87.2. The summed E-state index contributed by atoms with van der Waals surface area (Å²) in [5.41, 5.74) is 32.8. The van der Waals surface area contributed by atoms with Crippen molar-refractivity contribution in [2.45, 2.75) is 201 Å². The van der Waals surface area contributed by atoms with Gasteiger partial charge in [0.15, 0.2) is 0 Å². The van der Waals surface area contributed by atoms with Gasteiger partial charge in [-0.25, -0.2) is 0 Å². The van der Waals surface area contributed by atoms with Crippen LogP contribution in [0.2, 0.25) is 0 Å². The summed E-state index contributed by atoms with van der Waals surface area (Å²) < 4.78 is 5.72. The lowest BCUT2D eigenvalue weighted by Crippen LogP contribution is -2.66. The van der Waals surface area contributed by atoms with Crippen molar-refractivity contribution < 1.29 is 101 Å². The molecule has 1 aliphatic carbocycles. The molecule has 2 aliphatic rings. The van der Waals surface area contributed by atoms with Gasteiger partial charge < -0.3 is 118 Å². The number of aromatic amines is 1. The Morgan fingerprint density at radius 3 is 1.76 bits per heavy atom. The molecular formula is C78H103N19O21S. The minimum absolute atomic E-state index is 0.107. The Kier molecular flexibility index (Phi) is 35.4. The maximum atomic E-state index is 15.7. The van der Waals surface area contributed by atoms with Crippen molar-refractivity contribution in [2.24, 2.45) is 34.4 Å². The zero-order valence-electron chi connectivity index (χ0n) is 65.5. The number of fused-ring (bicyclic) bond motifs is 2. The second kappa shape index (κ2) is 45.1. The second-order valence-corrected chi connectivity index (χ2v) is 30.3. The molecule has 41 heteroatoms. The number of primary amides is 5. The van der Waals surface area contributed by atoms with Crippen molar-refractivity contribution in [3.63, 3.8) is 0 Å². The minimum atomic E-state index is -1.96. The van der Waals surface area contributed by atoms with Crippen LogP contribution in [0.1, 0.15) is 120 Å². The molecule has 17 amide bonds. The lowest BCUT2D eigenvalue weighted by Gasteiger charge is -2.39. The first kappa shape index (κ1) is 93.4. The van der Waals surface area contributed by atoms with Crippen molar-refractivity contribution in [1.82, 2.24) is 68.8 Å². The van der Waals surface area contributed by atoms with E-state index in [9.17, 15) is 67.7 Å². The number of ether oxygens (including phenoxy) is 1. The van der Waals surface area contributed by atoms with Gasteiger partial charge in [0, 0.05) is 74.8 Å². The highest BCUT2D eigenvalue weighted by atomic mass is 32.2. The maximum Gasteiger partial charge on any atom is 0.303 e. The summed E-state index contributed by atoms with van der Waals surface area (Å²) in [5, 5.41) is 53.4. The quantitative estimate of drug-likeness (QED) is 0.0177. The Bertz CT molecular complexity index is 4560. The minimum Gasteiger partial charge on any atom is -0.492 e. The Morgan fingerprint density at radius 2 is 1.13 bits per heavy atom. The van der Waals surface area contributed by atoms with E-state index in [4.69, 9.17) is 39.1 Å². The Labute approximate surface area is 686 Å². The summed E-state index contributed by atoms with van der Waals surface area (Å²) in [4.78, 5) is 252. The van der Waals surface area contributed by atoms with Crippen molar-refractivity contribution in [2.75, 3.05) is 24.7 Å². The van der Waals surface area contributed by atoms with E-state index in [1.54, 1.807) is 91.1 Å². The Morgan fingerprint density at radius 1 is 0.580 bits per heavy atom. The fourth-order valence-electron chi connectivity index (χ4n) is 13.5. The highest BCUT2D eigenvalue weighted by molar-refractivity contribution is 7.99. The van der Waals surface area contributed by atoms with E-state index in [0.29, 0.717) is 45.1 Å². The van der Waals surface area contributed by atoms with Crippen molar-refractivity contribution in [3.8, 4) is 5.75 Å². The van der Waals surface area contributed by atoms with Crippen LogP contribution < -0.4 is 103 Å². The number of amides is 17. The molecule has 642 valence electrons. The molecule has 27 N–H and O–H groups in total. The van der Waals surface area contributed by atoms with Crippen LogP contribution in [-0.2, 0) is 106 Å². The van der Waals surface area contributed by atoms with Gasteiger partial charge in [-0.2, -0.15) is 11.8 Å². The number of nitrogens with two attached hydrogens (primary N) is 6. The van der Waals surface area contributed by atoms with Crippen LogP contribution in [0.15, 0.2) is 97.2 Å². The SMILES string of the molecule is CC(=O)N[C@H]1CCSC[C@@H](C(=O)N[C@@H](Cc2ccc(OCCN)cc2)C(=O)N[C@@H](Cc2ccc3ccccc3c2)C(=O)NC2(C(=O)N[C@@H](CCC(=O)O)C(=O)N[C@@H](CC(N)=O)C(=O)N[C@@H](CC(N)=O)C(N)=O)CCCCC2)NC(=O)[C@H](CCC(N)=O)NC(=O)[C@H](Cc2c[nH]c3ccccc23)NC(=O)[C@H]([C@@H](C)O)NC(=O)[C@H](CCC(N)=O)NC1=O. The van der Waals surface area contributed by atoms with E-state index in [1.165, 1.54) is 0 Å². The van der Waals surface area contributed by atoms with Crippen LogP contribution in [0.5, 0.6) is 5.75 Å². The molecule has 2 fully saturated rings. The number of benzene rings is 4. The van der Waals surface area contributed by atoms with Gasteiger partial charge in [-0.05, 0) is 96.9 Å². The summed E-state index contributed by atoms with van der Waals surface area (Å²) in [7, 11) is 0. The summed E-state index contributed by atoms with van der Waals surface area (Å²) >= 11 is 0.913. The van der Waals surface area contributed by atoms with Gasteiger partial charge in [0.05, 0.1) is 18.9 Å². The molecule has 40 nitrogen and oxygen atoms in total. The number of thioether (sulfide) groups is 1. The first-order valence-electron chi connectivity index (χ1n) is 38.5. The fraction of sp³-hybridized carbons (Fsp3) is 0.462. The second-order valence-electron chi connectivity index (χ2n) is 29.1. The third-order valence-corrected chi connectivity index (χ3v) is 20.8. The van der Waals surface area contributed by atoms with Gasteiger partial charge in [0.2, 0.25) is 100 Å². The molecule has 1 aliphatic heterocycles. The first-order chi connectivity index (χ1) is 56.5. The molecule has 1 saturated heterocycles. The summed E-state index contributed by atoms with van der Waals surface area (Å²) in [6, 6.07) is 6.16. The lowest BCUT2D eigenvalue weighted by molar-refractivity contribution is -0.141. The number of para-hydroxylation sites is 1. The number of carbonyl (C=O) groups excluding carboxylic acids is 17. The monoisotopic (exact) mass is 1670 g/mol. The van der Waals surface area contributed by atoms with E-state index >= 15 is 28.8 Å². The molecular weight excluding hydrogens is 1570 g/mol. The molecule has 1 aromatic heterocycles.